The Labute approximate surface area is 116 Å². The summed E-state index contributed by atoms with van der Waals surface area (Å²) in [6.07, 6.45) is 3.33. The maximum atomic E-state index is 9.63. The third-order valence-electron chi connectivity index (χ3n) is 3.48. The smallest absolute Gasteiger partial charge is 0.213 e. The molecule has 2 rings (SSSR count). The highest BCUT2D eigenvalue weighted by atomic mass is 79.9. The first-order valence-corrected chi connectivity index (χ1v) is 7.00. The molecule has 0 aliphatic carbocycles. The average Bonchev–Trinajstić information content (AvgIpc) is 2.35. The molecule has 0 spiro atoms. The number of aliphatic hydroxyl groups is 1. The molecular formula is C13H19BrN2O2. The van der Waals surface area contributed by atoms with Crippen molar-refractivity contribution in [2.24, 2.45) is 0 Å². The lowest BCUT2D eigenvalue weighted by atomic mass is 10.0. The summed E-state index contributed by atoms with van der Waals surface area (Å²) in [5.74, 6) is 0.637. The van der Waals surface area contributed by atoms with Crippen molar-refractivity contribution in [3.8, 4) is 5.88 Å². The molecule has 1 aliphatic heterocycles. The third kappa shape index (κ3) is 3.22. The Kier molecular flexibility index (Phi) is 4.59. The fraction of sp³-hybridized carbons (Fsp3) is 0.615. The molecule has 0 radical (unpaired) electrons. The molecule has 5 heteroatoms. The first-order valence-electron chi connectivity index (χ1n) is 6.20. The van der Waals surface area contributed by atoms with Crippen LogP contribution in [0.4, 0.5) is 0 Å². The minimum absolute atomic E-state index is 0.147. The number of halogens is 1. The third-order valence-corrected chi connectivity index (χ3v) is 4.19. The fourth-order valence-electron chi connectivity index (χ4n) is 2.34. The van der Waals surface area contributed by atoms with Gasteiger partial charge in [-0.3, -0.25) is 4.90 Å². The van der Waals surface area contributed by atoms with E-state index in [1.165, 1.54) is 5.56 Å². The van der Waals surface area contributed by atoms with Gasteiger partial charge in [0.15, 0.2) is 0 Å². The summed E-state index contributed by atoms with van der Waals surface area (Å²) in [6.45, 7) is 3.95. The molecule has 0 bridgehead atoms. The number of piperidine rings is 1. The Morgan fingerprint density at radius 3 is 3.06 bits per heavy atom. The van der Waals surface area contributed by atoms with Gasteiger partial charge in [-0.1, -0.05) is 0 Å². The van der Waals surface area contributed by atoms with E-state index in [2.05, 4.69) is 32.7 Å². The zero-order chi connectivity index (χ0) is 13.1. The van der Waals surface area contributed by atoms with Crippen molar-refractivity contribution in [1.29, 1.82) is 0 Å². The van der Waals surface area contributed by atoms with E-state index in [9.17, 15) is 5.11 Å². The van der Waals surface area contributed by atoms with Crippen LogP contribution in [-0.2, 0) is 6.54 Å². The molecule has 0 unspecified atom stereocenters. The first kappa shape index (κ1) is 13.8. The molecule has 0 saturated carbocycles. The van der Waals surface area contributed by atoms with E-state index < -0.39 is 0 Å². The Hall–Kier alpha value is -0.650. The Morgan fingerprint density at radius 2 is 2.39 bits per heavy atom. The van der Waals surface area contributed by atoms with Crippen LogP contribution < -0.4 is 4.74 Å². The monoisotopic (exact) mass is 314 g/mol. The highest BCUT2D eigenvalue weighted by molar-refractivity contribution is 9.10. The van der Waals surface area contributed by atoms with Crippen molar-refractivity contribution in [3.63, 3.8) is 0 Å². The number of aliphatic hydroxyl groups excluding tert-OH is 1. The summed E-state index contributed by atoms with van der Waals surface area (Å²) in [7, 11) is 1.62. The van der Waals surface area contributed by atoms with Crippen molar-refractivity contribution < 1.29 is 9.84 Å². The Balaban J connectivity index is 2.08. The molecule has 0 aromatic carbocycles. The number of likely N-dealkylation sites (tertiary alicyclic amines) is 1. The number of hydrogen-bond donors (Lipinski definition) is 1. The molecule has 1 aliphatic rings. The number of methoxy groups -OCH3 is 1. The normalized spacial score (nSPS) is 25.1. The molecule has 1 N–H and O–H groups in total. The van der Waals surface area contributed by atoms with Gasteiger partial charge >= 0.3 is 0 Å². The molecule has 1 aromatic heterocycles. The number of rotatable bonds is 3. The van der Waals surface area contributed by atoms with E-state index in [1.54, 1.807) is 13.3 Å². The second-order valence-corrected chi connectivity index (χ2v) is 5.67. The Morgan fingerprint density at radius 1 is 1.61 bits per heavy atom. The summed E-state index contributed by atoms with van der Waals surface area (Å²) < 4.78 is 6.15. The van der Waals surface area contributed by atoms with Crippen LogP contribution >= 0.6 is 15.9 Å². The van der Waals surface area contributed by atoms with Crippen LogP contribution in [0.15, 0.2) is 16.7 Å². The molecule has 4 nitrogen and oxygen atoms in total. The fourth-order valence-corrected chi connectivity index (χ4v) is 2.68. The van der Waals surface area contributed by atoms with Gasteiger partial charge in [0.2, 0.25) is 5.88 Å². The van der Waals surface area contributed by atoms with Gasteiger partial charge < -0.3 is 9.84 Å². The van der Waals surface area contributed by atoms with Gasteiger partial charge in [0, 0.05) is 35.9 Å². The van der Waals surface area contributed by atoms with E-state index in [0.29, 0.717) is 11.9 Å². The number of hydrogen-bond acceptors (Lipinski definition) is 4. The predicted octanol–water partition coefficient (Wildman–Crippen LogP) is 2.20. The van der Waals surface area contributed by atoms with Gasteiger partial charge in [-0.2, -0.15) is 0 Å². The van der Waals surface area contributed by atoms with Crippen molar-refractivity contribution in [2.45, 2.75) is 38.5 Å². The van der Waals surface area contributed by atoms with Gasteiger partial charge in [-0.05, 0) is 41.3 Å². The molecular weight excluding hydrogens is 296 g/mol. The van der Waals surface area contributed by atoms with Crippen molar-refractivity contribution >= 4 is 15.9 Å². The largest absolute Gasteiger partial charge is 0.481 e. The van der Waals surface area contributed by atoms with Crippen molar-refractivity contribution in [2.75, 3.05) is 13.7 Å². The lowest BCUT2D eigenvalue weighted by Gasteiger charge is -2.36. The molecule has 2 heterocycles. The molecule has 1 saturated heterocycles. The summed E-state index contributed by atoms with van der Waals surface area (Å²) in [5, 5.41) is 9.63. The van der Waals surface area contributed by atoms with E-state index in [4.69, 9.17) is 4.74 Å². The zero-order valence-electron chi connectivity index (χ0n) is 10.8. The maximum absolute atomic E-state index is 9.63. The second kappa shape index (κ2) is 5.99. The lowest BCUT2D eigenvalue weighted by Crippen LogP contribution is -2.42. The standard InChI is InChI=1S/C13H19BrN2O2/c1-9-5-11(17)3-4-16(9)8-10-6-13(18-2)15-7-12(10)14/h6-7,9,11,17H,3-5,8H2,1-2H3/t9-,11-/m1/s1. The van der Waals surface area contributed by atoms with E-state index in [0.717, 1.165) is 30.4 Å². The number of pyridine rings is 1. The molecule has 0 amide bonds. The summed E-state index contributed by atoms with van der Waals surface area (Å²) >= 11 is 3.52. The zero-order valence-corrected chi connectivity index (χ0v) is 12.4. The summed E-state index contributed by atoms with van der Waals surface area (Å²) in [4.78, 5) is 6.54. The first-order chi connectivity index (χ1) is 8.60. The second-order valence-electron chi connectivity index (χ2n) is 4.82. The van der Waals surface area contributed by atoms with E-state index in [1.807, 2.05) is 6.07 Å². The van der Waals surface area contributed by atoms with Gasteiger partial charge in [0.1, 0.15) is 0 Å². The van der Waals surface area contributed by atoms with Gasteiger partial charge in [-0.25, -0.2) is 4.98 Å². The van der Waals surface area contributed by atoms with Crippen LogP contribution in [0.5, 0.6) is 5.88 Å². The quantitative estimate of drug-likeness (QED) is 0.929. The molecule has 1 aromatic rings. The number of ether oxygens (including phenoxy) is 1. The van der Waals surface area contributed by atoms with Crippen LogP contribution in [0, 0.1) is 0 Å². The minimum Gasteiger partial charge on any atom is -0.481 e. The SMILES string of the molecule is COc1cc(CN2CC[C@@H](O)C[C@H]2C)c(Br)cn1. The molecule has 18 heavy (non-hydrogen) atoms. The number of aromatic nitrogens is 1. The summed E-state index contributed by atoms with van der Waals surface area (Å²) in [6, 6.07) is 2.36. The van der Waals surface area contributed by atoms with Crippen LogP contribution in [0.25, 0.3) is 0 Å². The molecule has 2 atom stereocenters. The molecule has 100 valence electrons. The van der Waals surface area contributed by atoms with Crippen molar-refractivity contribution in [1.82, 2.24) is 9.88 Å². The highest BCUT2D eigenvalue weighted by Crippen LogP contribution is 2.25. The maximum Gasteiger partial charge on any atom is 0.213 e. The van der Waals surface area contributed by atoms with E-state index in [-0.39, 0.29) is 6.10 Å². The topological polar surface area (TPSA) is 45.6 Å². The number of nitrogens with zero attached hydrogens (tertiary/aromatic N) is 2. The van der Waals surface area contributed by atoms with Gasteiger partial charge in [0.25, 0.3) is 0 Å². The average molecular weight is 315 g/mol. The predicted molar refractivity (Wildman–Crippen MR) is 73.6 cm³/mol. The van der Waals surface area contributed by atoms with Crippen LogP contribution in [0.2, 0.25) is 0 Å². The highest BCUT2D eigenvalue weighted by Gasteiger charge is 2.24. The van der Waals surface area contributed by atoms with E-state index >= 15 is 0 Å². The lowest BCUT2D eigenvalue weighted by molar-refractivity contribution is 0.0440. The van der Waals surface area contributed by atoms with Crippen LogP contribution in [0.1, 0.15) is 25.3 Å². The Bertz CT molecular complexity index is 414. The minimum atomic E-state index is -0.147. The van der Waals surface area contributed by atoms with Gasteiger partial charge in [0.05, 0.1) is 13.2 Å². The summed E-state index contributed by atoms with van der Waals surface area (Å²) in [5.41, 5.74) is 1.17. The molecule has 1 fully saturated rings. The van der Waals surface area contributed by atoms with Crippen LogP contribution in [0.3, 0.4) is 0 Å². The van der Waals surface area contributed by atoms with Crippen molar-refractivity contribution in [3.05, 3.63) is 22.3 Å². The van der Waals surface area contributed by atoms with Gasteiger partial charge in [-0.15, -0.1) is 0 Å². The van der Waals surface area contributed by atoms with Crippen LogP contribution in [-0.4, -0.2) is 40.8 Å².